The summed E-state index contributed by atoms with van der Waals surface area (Å²) in [5.41, 5.74) is 6.19. The molecule has 16 heteroatoms. The van der Waals surface area contributed by atoms with Crippen LogP contribution in [0.15, 0.2) is 43.0 Å². The third-order valence-electron chi connectivity index (χ3n) is 5.45. The number of aliphatic hydroxyl groups excluding tert-OH is 1. The average molecular weight is 589 g/mol. The maximum Gasteiger partial charge on any atom is 0.323 e. The molecule has 4 N–H and O–H groups in total. The average Bonchev–Trinajstić information content (AvgIpc) is 3.37. The third-order valence-corrected chi connectivity index (χ3v) is 8.36. The number of carbonyl (C=O) groups is 1. The van der Waals surface area contributed by atoms with E-state index in [0.717, 1.165) is 0 Å². The first-order valence-corrected chi connectivity index (χ1v) is 14.5. The van der Waals surface area contributed by atoms with E-state index in [-0.39, 0.29) is 23.1 Å². The highest BCUT2D eigenvalue weighted by atomic mass is 35.5. The van der Waals surface area contributed by atoms with Gasteiger partial charge in [-0.25, -0.2) is 24.4 Å². The normalized spacial score (nSPS) is 25.8. The molecule has 0 amide bonds. The second kappa shape index (κ2) is 11.3. The Labute approximate surface area is 227 Å². The van der Waals surface area contributed by atoms with Crippen molar-refractivity contribution in [3.05, 3.63) is 43.0 Å². The molecular weight excluding hydrogens is 562 g/mol. The summed E-state index contributed by atoms with van der Waals surface area (Å²) in [5.74, 6) is -0.109. The zero-order valence-electron chi connectivity index (χ0n) is 20.6. The zero-order valence-corrected chi connectivity index (χ0v) is 23.1. The molecule has 1 unspecified atom stereocenters. The number of imidazole rings is 1. The minimum absolute atomic E-state index is 0.0844. The lowest BCUT2D eigenvalue weighted by Crippen LogP contribution is -2.40. The van der Waals surface area contributed by atoms with Crippen molar-refractivity contribution in [2.24, 2.45) is 0 Å². The number of nitrogens with one attached hydrogen (secondary N) is 1. The lowest BCUT2D eigenvalue weighted by atomic mass is 10.1. The Morgan fingerprint density at radius 2 is 2.05 bits per heavy atom. The number of nitrogen functional groups attached to an aromatic ring is 1. The van der Waals surface area contributed by atoms with Gasteiger partial charge >= 0.3 is 12.6 Å². The van der Waals surface area contributed by atoms with E-state index >= 15 is 4.39 Å². The lowest BCUT2D eigenvalue weighted by molar-refractivity contribution is -0.149. The van der Waals surface area contributed by atoms with Crippen LogP contribution in [0.5, 0.6) is 5.75 Å². The van der Waals surface area contributed by atoms with Crippen LogP contribution in [-0.4, -0.2) is 66.7 Å². The van der Waals surface area contributed by atoms with Crippen molar-refractivity contribution in [3.63, 3.8) is 0 Å². The monoisotopic (exact) mass is 588 g/mol. The number of nitrogens with zero attached hydrogens (tertiary/aromatic N) is 4. The molecular formula is C22H27ClFN6O6PS. The number of carbonyl (C=O) groups excluding carboxylic acids is 1. The first-order chi connectivity index (χ1) is 17.9. The number of nitrogens with two attached hydrogens (primary N) is 1. The first-order valence-electron chi connectivity index (χ1n) is 11.5. The van der Waals surface area contributed by atoms with Gasteiger partial charge in [0.05, 0.1) is 19.0 Å². The highest BCUT2D eigenvalue weighted by Gasteiger charge is 2.58. The molecule has 1 aromatic carbocycles. The zero-order chi connectivity index (χ0) is 27.7. The molecule has 38 heavy (non-hydrogen) atoms. The number of para-hydroxylation sites is 1. The van der Waals surface area contributed by atoms with Crippen LogP contribution < -0.4 is 15.3 Å². The van der Waals surface area contributed by atoms with E-state index in [0.29, 0.717) is 5.75 Å². The minimum atomic E-state index is -3.47. The van der Waals surface area contributed by atoms with Gasteiger partial charge in [0.25, 0.3) is 5.13 Å². The molecule has 6 atom stereocenters. The Bertz CT molecular complexity index is 1330. The van der Waals surface area contributed by atoms with Gasteiger partial charge in [-0.15, -0.1) is 0 Å². The molecule has 1 aliphatic rings. The summed E-state index contributed by atoms with van der Waals surface area (Å²) in [6.07, 6.45) is -2.58. The summed E-state index contributed by atoms with van der Waals surface area (Å²) in [6, 6.07) is 7.67. The fraction of sp³-hybridized carbons (Fsp3) is 0.455. The van der Waals surface area contributed by atoms with Crippen LogP contribution in [0.25, 0.3) is 11.2 Å². The number of ether oxygens (including phenoxy) is 2. The van der Waals surface area contributed by atoms with Crippen LogP contribution in [0.4, 0.5) is 10.2 Å². The SMILES string of the molecule is CC(C)OC(=O)[C@H](C)NP(=S)(OC[C@H]1O[C@@H](n2cnc3c(N)ncnc32)[C@@](F)(Cl)[C@@H]1O)Oc1ccccc1. The van der Waals surface area contributed by atoms with Crippen LogP contribution in [0.1, 0.15) is 27.0 Å². The number of hydrogen-bond acceptors (Lipinski definition) is 11. The van der Waals surface area contributed by atoms with Gasteiger partial charge in [-0.2, -0.15) is 0 Å². The number of alkyl halides is 2. The molecule has 0 radical (unpaired) electrons. The molecule has 1 aliphatic heterocycles. The van der Waals surface area contributed by atoms with Crippen LogP contribution in [0.2, 0.25) is 0 Å². The molecule has 12 nitrogen and oxygen atoms in total. The Balaban J connectivity index is 1.54. The van der Waals surface area contributed by atoms with E-state index in [1.54, 1.807) is 51.1 Å². The van der Waals surface area contributed by atoms with Crippen molar-refractivity contribution in [2.45, 2.75) is 56.5 Å². The summed E-state index contributed by atoms with van der Waals surface area (Å²) in [7, 11) is 0. The number of hydrogen-bond donors (Lipinski definition) is 3. The van der Waals surface area contributed by atoms with E-state index < -0.39 is 48.8 Å². The van der Waals surface area contributed by atoms with Crippen molar-refractivity contribution >= 4 is 53.0 Å². The maximum atomic E-state index is 15.6. The van der Waals surface area contributed by atoms with Crippen molar-refractivity contribution in [1.29, 1.82) is 0 Å². The molecule has 0 aliphatic carbocycles. The second-order valence-electron chi connectivity index (χ2n) is 8.76. The number of rotatable bonds is 10. The van der Waals surface area contributed by atoms with E-state index in [1.807, 2.05) is 0 Å². The molecule has 3 heterocycles. The van der Waals surface area contributed by atoms with Gasteiger partial charge in [-0.3, -0.25) is 9.36 Å². The van der Waals surface area contributed by atoms with Gasteiger partial charge in [-0.1, -0.05) is 29.8 Å². The molecule has 3 aromatic rings. The molecule has 0 bridgehead atoms. The number of halogens is 2. The van der Waals surface area contributed by atoms with Crippen molar-refractivity contribution in [2.75, 3.05) is 12.3 Å². The molecule has 2 aromatic heterocycles. The topological polar surface area (TPSA) is 156 Å². The Morgan fingerprint density at radius 1 is 1.34 bits per heavy atom. The second-order valence-corrected chi connectivity index (χ2v) is 12.5. The fourth-order valence-electron chi connectivity index (χ4n) is 3.65. The Morgan fingerprint density at radius 3 is 2.74 bits per heavy atom. The van der Waals surface area contributed by atoms with E-state index in [2.05, 4.69) is 20.0 Å². The molecule has 0 saturated carbocycles. The molecule has 206 valence electrons. The summed E-state index contributed by atoms with van der Waals surface area (Å²) in [5, 5.41) is 10.8. The van der Waals surface area contributed by atoms with Crippen LogP contribution in [-0.2, 0) is 30.6 Å². The number of anilines is 1. The van der Waals surface area contributed by atoms with E-state index in [1.165, 1.54) is 17.2 Å². The lowest BCUT2D eigenvalue weighted by Gasteiger charge is -2.28. The van der Waals surface area contributed by atoms with E-state index in [4.69, 9.17) is 47.7 Å². The highest BCUT2D eigenvalue weighted by Crippen LogP contribution is 2.49. The molecule has 1 fully saturated rings. The van der Waals surface area contributed by atoms with Crippen molar-refractivity contribution < 1.29 is 32.8 Å². The smallest absolute Gasteiger partial charge is 0.323 e. The summed E-state index contributed by atoms with van der Waals surface area (Å²) in [4.78, 5) is 24.4. The standard InChI is InChI=1S/C22H27ClFN6O6PS/c1-12(2)34-20(32)13(3)29-37(38,36-14-7-5-4-6-8-14)33-9-15-17(31)22(23,24)21(35-15)30-11-28-16-18(25)26-10-27-19(16)30/h4-8,10-13,15,17,21,31H,9H2,1-3H3,(H,29,38)(H2,25,26,27)/t13-,15+,17+,21+,22+,37?/m0/s1. The number of esters is 1. The molecule has 1 saturated heterocycles. The number of benzene rings is 1. The van der Waals surface area contributed by atoms with Gasteiger partial charge in [0.1, 0.15) is 35.8 Å². The Kier molecular flexibility index (Phi) is 8.52. The summed E-state index contributed by atoms with van der Waals surface area (Å²) in [6.45, 7) is 1.07. The number of aromatic nitrogens is 4. The van der Waals surface area contributed by atoms with Gasteiger partial charge in [0.15, 0.2) is 17.7 Å². The third kappa shape index (κ3) is 6.07. The fourth-order valence-corrected chi connectivity index (χ4v) is 6.37. The summed E-state index contributed by atoms with van der Waals surface area (Å²) >= 11 is 11.8. The maximum absolute atomic E-state index is 15.6. The number of fused-ring (bicyclic) bond motifs is 1. The Hall–Kier alpha value is -2.45. The predicted molar refractivity (Wildman–Crippen MR) is 140 cm³/mol. The summed E-state index contributed by atoms with van der Waals surface area (Å²) < 4.78 is 39.6. The van der Waals surface area contributed by atoms with Crippen molar-refractivity contribution in [3.8, 4) is 5.75 Å². The van der Waals surface area contributed by atoms with Crippen LogP contribution in [0, 0.1) is 0 Å². The van der Waals surface area contributed by atoms with Gasteiger partial charge in [0, 0.05) is 0 Å². The minimum Gasteiger partial charge on any atom is -0.462 e. The quantitative estimate of drug-likeness (QED) is 0.181. The van der Waals surface area contributed by atoms with Gasteiger partial charge < -0.3 is 29.4 Å². The van der Waals surface area contributed by atoms with Crippen LogP contribution in [0.3, 0.4) is 0 Å². The van der Waals surface area contributed by atoms with Crippen molar-refractivity contribution in [1.82, 2.24) is 24.6 Å². The first kappa shape index (κ1) is 28.6. The molecule has 4 rings (SSSR count). The van der Waals surface area contributed by atoms with Gasteiger partial charge in [-0.05, 0) is 44.7 Å². The predicted octanol–water partition coefficient (Wildman–Crippen LogP) is 2.82. The molecule has 0 spiro atoms. The van der Waals surface area contributed by atoms with E-state index in [9.17, 15) is 9.90 Å². The number of aliphatic hydroxyl groups is 1. The largest absolute Gasteiger partial charge is 0.462 e. The van der Waals surface area contributed by atoms with Crippen LogP contribution >= 0.6 is 18.2 Å². The highest BCUT2D eigenvalue weighted by molar-refractivity contribution is 8.09. The van der Waals surface area contributed by atoms with Gasteiger partial charge in [0.2, 0.25) is 0 Å².